The highest BCUT2D eigenvalue weighted by Gasteiger charge is 2.22. The molecule has 0 amide bonds. The van der Waals surface area contributed by atoms with E-state index in [0.29, 0.717) is 12.2 Å². The lowest BCUT2D eigenvalue weighted by Gasteiger charge is -2.05. The fourth-order valence-corrected chi connectivity index (χ4v) is 1.28. The zero-order chi connectivity index (χ0) is 7.56. The zero-order valence-corrected chi connectivity index (χ0v) is 6.26. The fraction of sp³-hybridized carbons (Fsp3) is 0.444. The molecule has 1 aliphatic carbocycles. The van der Waals surface area contributed by atoms with Crippen molar-refractivity contribution in [3.05, 3.63) is 24.3 Å². The average Bonchev–Trinajstić information content (AvgIpc) is 2.20. The van der Waals surface area contributed by atoms with Gasteiger partial charge in [-0.2, -0.15) is 0 Å². The summed E-state index contributed by atoms with van der Waals surface area (Å²) in [4.78, 5) is 11.1. The van der Waals surface area contributed by atoms with Crippen molar-refractivity contribution in [2.24, 2.45) is 5.92 Å². The van der Waals surface area contributed by atoms with Crippen molar-refractivity contribution >= 4 is 5.78 Å². The normalized spacial score (nSPS) is 24.7. The van der Waals surface area contributed by atoms with Gasteiger partial charge in [-0.25, -0.2) is 0 Å². The molecule has 0 aliphatic heterocycles. The minimum Gasteiger partial charge on any atom is -0.299 e. The van der Waals surface area contributed by atoms with E-state index in [4.69, 9.17) is 0 Å². The summed E-state index contributed by atoms with van der Waals surface area (Å²) in [6.45, 7) is 5.63. The van der Waals surface area contributed by atoms with E-state index >= 15 is 0 Å². The Morgan fingerprint density at radius 3 is 3.00 bits per heavy atom. The van der Waals surface area contributed by atoms with Crippen LogP contribution >= 0.6 is 0 Å². The van der Waals surface area contributed by atoms with Crippen molar-refractivity contribution in [3.63, 3.8) is 0 Å². The molecule has 0 fully saturated rings. The first-order valence-corrected chi connectivity index (χ1v) is 3.56. The Labute approximate surface area is 61.4 Å². The first-order valence-electron chi connectivity index (χ1n) is 3.56. The van der Waals surface area contributed by atoms with Gasteiger partial charge in [0.2, 0.25) is 0 Å². The summed E-state index contributed by atoms with van der Waals surface area (Å²) in [7, 11) is 0. The van der Waals surface area contributed by atoms with Crippen molar-refractivity contribution in [3.8, 4) is 0 Å². The van der Waals surface area contributed by atoms with Gasteiger partial charge in [-0.3, -0.25) is 4.79 Å². The zero-order valence-electron chi connectivity index (χ0n) is 6.26. The summed E-state index contributed by atoms with van der Waals surface area (Å²) < 4.78 is 0. The van der Waals surface area contributed by atoms with E-state index in [0.717, 1.165) is 6.42 Å². The third kappa shape index (κ3) is 1.18. The molecule has 0 heterocycles. The maximum atomic E-state index is 11.1. The Morgan fingerprint density at radius 2 is 2.60 bits per heavy atom. The summed E-state index contributed by atoms with van der Waals surface area (Å²) in [6, 6.07) is 0. The molecule has 1 aliphatic rings. The van der Waals surface area contributed by atoms with E-state index in [2.05, 4.69) is 6.58 Å². The van der Waals surface area contributed by atoms with Crippen LogP contribution in [0.15, 0.2) is 24.3 Å². The minimum atomic E-state index is 0.150. The van der Waals surface area contributed by atoms with Crippen LogP contribution in [-0.2, 0) is 4.79 Å². The van der Waals surface area contributed by atoms with E-state index in [1.807, 2.05) is 19.1 Å². The molecule has 0 spiro atoms. The molecule has 1 nitrogen and oxygen atoms in total. The van der Waals surface area contributed by atoms with Crippen molar-refractivity contribution in [1.82, 2.24) is 0 Å². The molecule has 0 saturated heterocycles. The van der Waals surface area contributed by atoms with Crippen LogP contribution in [0.5, 0.6) is 0 Å². The quantitative estimate of drug-likeness (QED) is 0.531. The summed E-state index contributed by atoms with van der Waals surface area (Å²) >= 11 is 0. The van der Waals surface area contributed by atoms with Crippen LogP contribution < -0.4 is 0 Å². The second-order valence-electron chi connectivity index (χ2n) is 2.70. The van der Waals surface area contributed by atoms with E-state index in [1.54, 1.807) is 0 Å². The number of rotatable bonds is 2. The molecule has 1 atom stereocenters. The number of carbonyl (C=O) groups excluding carboxylic acids is 1. The van der Waals surface area contributed by atoms with Crippen LogP contribution in [0.4, 0.5) is 0 Å². The Balaban J connectivity index is 2.64. The number of allylic oxidation sites excluding steroid dienone is 3. The molecule has 0 N–H and O–H groups in total. The summed E-state index contributed by atoms with van der Waals surface area (Å²) in [6.07, 6.45) is 5.26. The number of hydrogen-bond donors (Lipinski definition) is 0. The van der Waals surface area contributed by atoms with Gasteiger partial charge in [-0.15, -0.1) is 6.58 Å². The summed E-state index contributed by atoms with van der Waals surface area (Å²) in [5.74, 6) is 0.495. The lowest BCUT2D eigenvalue weighted by molar-refractivity contribution is -0.120. The smallest absolute Gasteiger partial charge is 0.144 e. The van der Waals surface area contributed by atoms with Crippen molar-refractivity contribution in [2.75, 3.05) is 0 Å². The highest BCUT2D eigenvalue weighted by Crippen LogP contribution is 2.24. The molecule has 0 saturated carbocycles. The molecule has 0 bridgehead atoms. The van der Waals surface area contributed by atoms with Gasteiger partial charge in [0.1, 0.15) is 5.78 Å². The van der Waals surface area contributed by atoms with Crippen molar-refractivity contribution in [2.45, 2.75) is 19.8 Å². The predicted octanol–water partition coefficient (Wildman–Crippen LogP) is 2.10. The maximum Gasteiger partial charge on any atom is 0.144 e. The number of ketones is 1. The molecular weight excluding hydrogens is 124 g/mol. The van der Waals surface area contributed by atoms with Crippen LogP contribution in [0.1, 0.15) is 19.8 Å². The molecule has 0 aromatic carbocycles. The second-order valence-corrected chi connectivity index (χ2v) is 2.70. The molecule has 1 heteroatoms. The molecule has 1 unspecified atom stereocenters. The highest BCUT2D eigenvalue weighted by molar-refractivity contribution is 5.88. The third-order valence-electron chi connectivity index (χ3n) is 1.97. The lowest BCUT2D eigenvalue weighted by Crippen LogP contribution is -2.07. The highest BCUT2D eigenvalue weighted by atomic mass is 16.1. The number of Topliss-reactive ketones (excluding diaryl/α,β-unsaturated/α-hetero) is 1. The first-order chi connectivity index (χ1) is 4.75. The molecule has 0 aromatic heterocycles. The van der Waals surface area contributed by atoms with E-state index in [-0.39, 0.29) is 5.92 Å². The van der Waals surface area contributed by atoms with Crippen molar-refractivity contribution in [1.29, 1.82) is 0 Å². The molecule has 1 rings (SSSR count). The molecule has 0 aromatic rings. The van der Waals surface area contributed by atoms with Crippen LogP contribution in [0.2, 0.25) is 0 Å². The van der Waals surface area contributed by atoms with Crippen LogP contribution in [0, 0.1) is 5.92 Å². The van der Waals surface area contributed by atoms with Crippen LogP contribution in [-0.4, -0.2) is 5.78 Å². The van der Waals surface area contributed by atoms with Crippen LogP contribution in [0.3, 0.4) is 0 Å². The largest absolute Gasteiger partial charge is 0.299 e. The molecule has 54 valence electrons. The van der Waals surface area contributed by atoms with Gasteiger partial charge in [0.25, 0.3) is 0 Å². The predicted molar refractivity (Wildman–Crippen MR) is 41.7 cm³/mol. The Hall–Kier alpha value is -0.850. The molecule has 0 radical (unpaired) electrons. The SMILES string of the molecule is C=CCC1C(=O)CC=C1C. The lowest BCUT2D eigenvalue weighted by atomic mass is 9.98. The molecule has 10 heavy (non-hydrogen) atoms. The first kappa shape index (κ1) is 7.26. The van der Waals surface area contributed by atoms with E-state index in [1.165, 1.54) is 5.57 Å². The van der Waals surface area contributed by atoms with Gasteiger partial charge in [-0.1, -0.05) is 17.7 Å². The minimum absolute atomic E-state index is 0.150. The van der Waals surface area contributed by atoms with Gasteiger partial charge in [0, 0.05) is 12.3 Å². The summed E-state index contributed by atoms with van der Waals surface area (Å²) in [5, 5.41) is 0. The van der Waals surface area contributed by atoms with E-state index in [9.17, 15) is 4.79 Å². The number of carbonyl (C=O) groups is 1. The van der Waals surface area contributed by atoms with Crippen LogP contribution in [0.25, 0.3) is 0 Å². The fourth-order valence-electron chi connectivity index (χ4n) is 1.28. The number of hydrogen-bond acceptors (Lipinski definition) is 1. The third-order valence-corrected chi connectivity index (χ3v) is 1.97. The monoisotopic (exact) mass is 136 g/mol. The van der Waals surface area contributed by atoms with Gasteiger partial charge in [-0.05, 0) is 13.3 Å². The van der Waals surface area contributed by atoms with Gasteiger partial charge in [0.15, 0.2) is 0 Å². The standard InChI is InChI=1S/C9H12O/c1-3-4-8-7(2)5-6-9(8)10/h3,5,8H,1,4,6H2,2H3. The topological polar surface area (TPSA) is 17.1 Å². The Bertz CT molecular complexity index is 189. The molecular formula is C9H12O. The van der Waals surface area contributed by atoms with Gasteiger partial charge in [0.05, 0.1) is 0 Å². The van der Waals surface area contributed by atoms with Gasteiger partial charge >= 0.3 is 0 Å². The Morgan fingerprint density at radius 1 is 1.90 bits per heavy atom. The summed E-state index contributed by atoms with van der Waals surface area (Å²) in [5.41, 5.74) is 1.21. The average molecular weight is 136 g/mol. The van der Waals surface area contributed by atoms with Gasteiger partial charge < -0.3 is 0 Å². The van der Waals surface area contributed by atoms with Crippen molar-refractivity contribution < 1.29 is 4.79 Å². The second kappa shape index (κ2) is 2.82. The Kier molecular flexibility index (Phi) is 2.05. The maximum absolute atomic E-state index is 11.1. The van der Waals surface area contributed by atoms with E-state index < -0.39 is 0 Å².